The van der Waals surface area contributed by atoms with Gasteiger partial charge in [0.25, 0.3) is 0 Å². The highest BCUT2D eigenvalue weighted by molar-refractivity contribution is 7.99. The number of aliphatic hydroxyl groups excluding tert-OH is 1. The molecular weight excluding hydrogens is 386 g/mol. The van der Waals surface area contributed by atoms with Crippen LogP contribution in [0.15, 0.2) is 59.8 Å². The van der Waals surface area contributed by atoms with Crippen LogP contribution in [0.5, 0.6) is 5.75 Å². The zero-order chi connectivity index (χ0) is 20.6. The molecule has 1 unspecified atom stereocenters. The molecular formula is C22H25N3O3S. The standard InChI is InChI=1S/C22H25N3O3S/c1-3-20(27)16-10-12-19(13-11-16)28-14-18(26)15-29-22-24-23-21(25(22)4-2)17-8-6-5-7-9-17/h5-13,18,26H,3-4,14-15H2,1-2H3. The van der Waals surface area contributed by atoms with E-state index in [4.69, 9.17) is 4.74 Å². The molecule has 2 aromatic carbocycles. The van der Waals surface area contributed by atoms with Gasteiger partial charge in [-0.1, -0.05) is 49.0 Å². The summed E-state index contributed by atoms with van der Waals surface area (Å²) in [5, 5.41) is 19.6. The van der Waals surface area contributed by atoms with Crippen molar-refractivity contribution in [1.82, 2.24) is 14.8 Å². The predicted molar refractivity (Wildman–Crippen MR) is 114 cm³/mol. The van der Waals surface area contributed by atoms with E-state index in [2.05, 4.69) is 10.2 Å². The number of benzene rings is 2. The molecule has 1 N–H and O–H groups in total. The number of ether oxygens (including phenoxy) is 1. The fraction of sp³-hybridized carbons (Fsp3) is 0.318. The van der Waals surface area contributed by atoms with Gasteiger partial charge in [-0.2, -0.15) is 0 Å². The highest BCUT2D eigenvalue weighted by Gasteiger charge is 2.15. The minimum atomic E-state index is -0.654. The highest BCUT2D eigenvalue weighted by Crippen LogP contribution is 2.24. The van der Waals surface area contributed by atoms with Crippen molar-refractivity contribution in [3.05, 3.63) is 60.2 Å². The van der Waals surface area contributed by atoms with Crippen molar-refractivity contribution in [3.8, 4) is 17.1 Å². The van der Waals surface area contributed by atoms with Gasteiger partial charge in [0, 0.05) is 29.8 Å². The lowest BCUT2D eigenvalue weighted by molar-refractivity contribution is 0.0987. The largest absolute Gasteiger partial charge is 0.491 e. The molecule has 0 bridgehead atoms. The zero-order valence-electron chi connectivity index (χ0n) is 16.6. The summed E-state index contributed by atoms with van der Waals surface area (Å²) in [6.07, 6.45) is -0.177. The van der Waals surface area contributed by atoms with Crippen LogP contribution < -0.4 is 4.74 Å². The van der Waals surface area contributed by atoms with Crippen LogP contribution in [0, 0.1) is 0 Å². The number of hydrogen-bond acceptors (Lipinski definition) is 6. The monoisotopic (exact) mass is 411 g/mol. The molecule has 3 aromatic rings. The number of rotatable bonds is 10. The predicted octanol–water partition coefficient (Wildman–Crippen LogP) is 4.09. The summed E-state index contributed by atoms with van der Waals surface area (Å²) in [5.74, 6) is 2.00. The maximum Gasteiger partial charge on any atom is 0.191 e. The molecule has 1 heterocycles. The van der Waals surface area contributed by atoms with Gasteiger partial charge >= 0.3 is 0 Å². The summed E-state index contributed by atoms with van der Waals surface area (Å²) in [4.78, 5) is 11.7. The van der Waals surface area contributed by atoms with Crippen LogP contribution in [0.3, 0.4) is 0 Å². The van der Waals surface area contributed by atoms with Crippen LogP contribution in [0.4, 0.5) is 0 Å². The van der Waals surface area contributed by atoms with Gasteiger partial charge in [-0.3, -0.25) is 4.79 Å². The summed E-state index contributed by atoms with van der Waals surface area (Å²) in [5.41, 5.74) is 1.69. The number of hydrogen-bond donors (Lipinski definition) is 1. The van der Waals surface area contributed by atoms with Crippen LogP contribution >= 0.6 is 11.8 Å². The lowest BCUT2D eigenvalue weighted by Crippen LogP contribution is -2.20. The topological polar surface area (TPSA) is 77.2 Å². The number of aliphatic hydroxyl groups is 1. The Hall–Kier alpha value is -2.64. The maximum atomic E-state index is 11.7. The van der Waals surface area contributed by atoms with Crippen LogP contribution in [-0.4, -0.2) is 44.1 Å². The third kappa shape index (κ3) is 5.46. The average molecular weight is 412 g/mol. The van der Waals surface area contributed by atoms with E-state index in [1.165, 1.54) is 11.8 Å². The van der Waals surface area contributed by atoms with Gasteiger partial charge in [0.2, 0.25) is 0 Å². The van der Waals surface area contributed by atoms with Crippen molar-refractivity contribution in [1.29, 1.82) is 0 Å². The molecule has 1 aromatic heterocycles. The molecule has 0 fully saturated rings. The summed E-state index contributed by atoms with van der Waals surface area (Å²) in [6, 6.07) is 16.9. The lowest BCUT2D eigenvalue weighted by atomic mass is 10.1. The van der Waals surface area contributed by atoms with Crippen LogP contribution in [0.25, 0.3) is 11.4 Å². The van der Waals surface area contributed by atoms with Gasteiger partial charge in [0.15, 0.2) is 16.8 Å². The zero-order valence-corrected chi connectivity index (χ0v) is 17.4. The van der Waals surface area contributed by atoms with Gasteiger partial charge in [-0.15, -0.1) is 10.2 Å². The number of ketones is 1. The fourth-order valence-electron chi connectivity index (χ4n) is 2.83. The summed E-state index contributed by atoms with van der Waals surface area (Å²) < 4.78 is 7.68. The van der Waals surface area contributed by atoms with E-state index in [9.17, 15) is 9.90 Å². The molecule has 6 nitrogen and oxygen atoms in total. The Morgan fingerprint density at radius 1 is 1.10 bits per heavy atom. The number of Topliss-reactive ketones (excluding diaryl/α,β-unsaturated/α-hetero) is 1. The van der Waals surface area contributed by atoms with Gasteiger partial charge in [-0.05, 0) is 31.2 Å². The Morgan fingerprint density at radius 3 is 2.48 bits per heavy atom. The first-order chi connectivity index (χ1) is 14.1. The molecule has 1 atom stereocenters. The minimum absolute atomic E-state index is 0.0999. The van der Waals surface area contributed by atoms with E-state index in [0.29, 0.717) is 23.5 Å². The van der Waals surface area contributed by atoms with E-state index < -0.39 is 6.10 Å². The molecule has 0 aliphatic rings. The second-order valence-corrected chi connectivity index (χ2v) is 7.48. The Bertz CT molecular complexity index is 926. The second kappa shape index (κ2) is 10.2. The molecule has 0 saturated carbocycles. The lowest BCUT2D eigenvalue weighted by Gasteiger charge is -2.13. The van der Waals surface area contributed by atoms with Crippen LogP contribution in [0.2, 0.25) is 0 Å². The molecule has 0 saturated heterocycles. The number of thioether (sulfide) groups is 1. The van der Waals surface area contributed by atoms with Crippen molar-refractivity contribution in [3.63, 3.8) is 0 Å². The van der Waals surface area contributed by atoms with Crippen molar-refractivity contribution >= 4 is 17.5 Å². The number of carbonyl (C=O) groups is 1. The van der Waals surface area contributed by atoms with Crippen molar-refractivity contribution in [2.75, 3.05) is 12.4 Å². The molecule has 7 heteroatoms. The molecule has 0 aliphatic carbocycles. The third-order valence-electron chi connectivity index (χ3n) is 4.41. The summed E-state index contributed by atoms with van der Waals surface area (Å²) in [7, 11) is 0. The Morgan fingerprint density at radius 2 is 1.83 bits per heavy atom. The molecule has 152 valence electrons. The van der Waals surface area contributed by atoms with Crippen molar-refractivity contribution < 1.29 is 14.6 Å². The van der Waals surface area contributed by atoms with E-state index in [0.717, 1.165) is 23.1 Å². The first-order valence-corrected chi connectivity index (χ1v) is 10.7. The van der Waals surface area contributed by atoms with Gasteiger partial charge in [0.05, 0.1) is 6.10 Å². The van der Waals surface area contributed by atoms with E-state index in [-0.39, 0.29) is 12.4 Å². The van der Waals surface area contributed by atoms with Crippen molar-refractivity contribution in [2.24, 2.45) is 0 Å². The molecule has 0 amide bonds. The number of nitrogens with zero attached hydrogens (tertiary/aromatic N) is 3. The second-order valence-electron chi connectivity index (χ2n) is 6.49. The van der Waals surface area contributed by atoms with E-state index in [1.54, 1.807) is 24.3 Å². The number of aromatic nitrogens is 3. The fourth-order valence-corrected chi connectivity index (χ4v) is 3.74. The Labute approximate surface area is 174 Å². The van der Waals surface area contributed by atoms with Crippen LogP contribution in [0.1, 0.15) is 30.6 Å². The quantitative estimate of drug-likeness (QED) is 0.400. The molecule has 29 heavy (non-hydrogen) atoms. The first-order valence-electron chi connectivity index (χ1n) is 9.67. The van der Waals surface area contributed by atoms with Crippen molar-refractivity contribution in [2.45, 2.75) is 38.1 Å². The SMILES string of the molecule is CCC(=O)c1ccc(OCC(O)CSc2nnc(-c3ccccc3)n2CC)cc1. The van der Waals surface area contributed by atoms with Crippen LogP contribution in [-0.2, 0) is 6.54 Å². The van der Waals surface area contributed by atoms with Gasteiger partial charge < -0.3 is 14.4 Å². The summed E-state index contributed by atoms with van der Waals surface area (Å²) >= 11 is 1.45. The minimum Gasteiger partial charge on any atom is -0.491 e. The average Bonchev–Trinajstić information content (AvgIpc) is 3.19. The normalized spacial score (nSPS) is 12.0. The number of carbonyl (C=O) groups excluding carboxylic acids is 1. The maximum absolute atomic E-state index is 11.7. The molecule has 0 aliphatic heterocycles. The molecule has 0 radical (unpaired) electrons. The summed E-state index contributed by atoms with van der Waals surface area (Å²) in [6.45, 7) is 4.80. The molecule has 3 rings (SSSR count). The highest BCUT2D eigenvalue weighted by atomic mass is 32.2. The Balaban J connectivity index is 1.54. The third-order valence-corrected chi connectivity index (χ3v) is 5.52. The first kappa shape index (κ1) is 21.1. The van der Waals surface area contributed by atoms with Gasteiger partial charge in [-0.25, -0.2) is 0 Å². The van der Waals surface area contributed by atoms with Gasteiger partial charge in [0.1, 0.15) is 12.4 Å². The smallest absolute Gasteiger partial charge is 0.191 e. The van der Waals surface area contributed by atoms with E-state index >= 15 is 0 Å². The van der Waals surface area contributed by atoms with E-state index in [1.807, 2.05) is 48.7 Å². The Kier molecular flexibility index (Phi) is 7.43. The molecule has 0 spiro atoms.